The van der Waals surface area contributed by atoms with E-state index in [0.717, 1.165) is 23.4 Å². The molecule has 4 heteroatoms. The molecule has 3 rings (SSSR count). The summed E-state index contributed by atoms with van der Waals surface area (Å²) in [5, 5.41) is 0. The number of halogens is 1. The number of hydrogen-bond donors (Lipinski definition) is 0. The van der Waals surface area contributed by atoms with Crippen LogP contribution in [0.3, 0.4) is 0 Å². The Morgan fingerprint density at radius 2 is 2.19 bits per heavy atom. The van der Waals surface area contributed by atoms with Crippen LogP contribution < -0.4 is 4.90 Å². The molecule has 2 aliphatic rings. The Morgan fingerprint density at radius 3 is 2.75 bits per heavy atom. The molecule has 0 saturated carbocycles. The first-order valence-corrected chi connectivity index (χ1v) is 6.49. The minimum Gasteiger partial charge on any atom is -0.352 e. The van der Waals surface area contributed by atoms with E-state index in [1.54, 1.807) is 0 Å². The summed E-state index contributed by atoms with van der Waals surface area (Å²) in [6.45, 7) is 5.60. The Balaban J connectivity index is 1.79. The van der Waals surface area contributed by atoms with E-state index in [1.165, 1.54) is 18.5 Å². The van der Waals surface area contributed by atoms with Gasteiger partial charge in [0.1, 0.15) is 5.82 Å². The van der Waals surface area contributed by atoms with Crippen LogP contribution >= 0.6 is 15.9 Å². The van der Waals surface area contributed by atoms with E-state index in [0.29, 0.717) is 5.54 Å². The number of anilines is 1. The molecule has 3 nitrogen and oxygen atoms in total. The standard InChI is InChI=1S/C12H16BrN3/c1-9-3-5-14-11(10(9)13)16-7-12(8-16)4-6-15(12)2/h3,5H,4,6-8H2,1-2H3. The third-order valence-corrected chi connectivity index (χ3v) is 5.04. The fourth-order valence-corrected chi connectivity index (χ4v) is 3.10. The van der Waals surface area contributed by atoms with Gasteiger partial charge in [0.05, 0.1) is 10.0 Å². The second kappa shape index (κ2) is 3.44. The first-order chi connectivity index (χ1) is 7.62. The third kappa shape index (κ3) is 1.32. The maximum atomic E-state index is 4.47. The number of likely N-dealkylation sites (tertiary alicyclic amines) is 1. The van der Waals surface area contributed by atoms with Gasteiger partial charge in [-0.25, -0.2) is 4.98 Å². The topological polar surface area (TPSA) is 19.4 Å². The number of rotatable bonds is 1. The number of likely N-dealkylation sites (N-methyl/N-ethyl adjacent to an activating group) is 1. The van der Waals surface area contributed by atoms with Gasteiger partial charge in [0, 0.05) is 25.8 Å². The van der Waals surface area contributed by atoms with Crippen LogP contribution in [0.1, 0.15) is 12.0 Å². The lowest BCUT2D eigenvalue weighted by Gasteiger charge is -2.62. The van der Waals surface area contributed by atoms with Crippen LogP contribution in [0.4, 0.5) is 5.82 Å². The zero-order valence-electron chi connectivity index (χ0n) is 9.70. The zero-order chi connectivity index (χ0) is 11.3. The van der Waals surface area contributed by atoms with Crippen molar-refractivity contribution in [2.24, 2.45) is 0 Å². The lowest BCUT2D eigenvalue weighted by Crippen LogP contribution is -2.76. The second-order valence-electron chi connectivity index (χ2n) is 5.02. The first-order valence-electron chi connectivity index (χ1n) is 5.70. The molecule has 2 fully saturated rings. The van der Waals surface area contributed by atoms with Crippen LogP contribution in [0.2, 0.25) is 0 Å². The fraction of sp³-hybridized carbons (Fsp3) is 0.583. The van der Waals surface area contributed by atoms with Crippen LogP contribution in [0.15, 0.2) is 16.7 Å². The molecule has 3 heterocycles. The summed E-state index contributed by atoms with van der Waals surface area (Å²) in [6.07, 6.45) is 3.23. The average molecular weight is 282 g/mol. The maximum absolute atomic E-state index is 4.47. The van der Waals surface area contributed by atoms with Crippen molar-refractivity contribution in [2.45, 2.75) is 18.9 Å². The van der Waals surface area contributed by atoms with Gasteiger partial charge in [-0.15, -0.1) is 0 Å². The summed E-state index contributed by atoms with van der Waals surface area (Å²) in [6, 6.07) is 2.04. The lowest BCUT2D eigenvalue weighted by atomic mass is 9.78. The molecule has 0 aliphatic carbocycles. The highest BCUT2D eigenvalue weighted by Crippen LogP contribution is 2.41. The number of aryl methyl sites for hydroxylation is 1. The molecule has 1 aromatic heterocycles. The minimum atomic E-state index is 0.463. The van der Waals surface area contributed by atoms with Crippen LogP contribution in [-0.2, 0) is 0 Å². The Morgan fingerprint density at radius 1 is 1.44 bits per heavy atom. The molecular weight excluding hydrogens is 266 g/mol. The third-order valence-electron chi connectivity index (χ3n) is 4.06. The van der Waals surface area contributed by atoms with Crippen molar-refractivity contribution in [3.05, 3.63) is 22.3 Å². The van der Waals surface area contributed by atoms with Crippen molar-refractivity contribution in [2.75, 3.05) is 31.6 Å². The molecule has 0 unspecified atom stereocenters. The van der Waals surface area contributed by atoms with E-state index in [9.17, 15) is 0 Å². The minimum absolute atomic E-state index is 0.463. The van der Waals surface area contributed by atoms with Gasteiger partial charge in [-0.2, -0.15) is 0 Å². The van der Waals surface area contributed by atoms with Crippen LogP contribution in [-0.4, -0.2) is 42.1 Å². The van der Waals surface area contributed by atoms with E-state index in [-0.39, 0.29) is 0 Å². The molecule has 0 N–H and O–H groups in total. The van der Waals surface area contributed by atoms with Crippen molar-refractivity contribution >= 4 is 21.7 Å². The molecule has 86 valence electrons. The van der Waals surface area contributed by atoms with Crippen molar-refractivity contribution in [3.63, 3.8) is 0 Å². The Kier molecular flexibility index (Phi) is 2.27. The summed E-state index contributed by atoms with van der Waals surface area (Å²) in [5.41, 5.74) is 1.72. The molecule has 1 aromatic rings. The van der Waals surface area contributed by atoms with E-state index in [4.69, 9.17) is 0 Å². The first kappa shape index (κ1) is 10.5. The molecule has 0 aromatic carbocycles. The summed E-state index contributed by atoms with van der Waals surface area (Å²) >= 11 is 3.63. The molecule has 0 amide bonds. The van der Waals surface area contributed by atoms with Crippen LogP contribution in [0, 0.1) is 6.92 Å². The molecular formula is C12H16BrN3. The predicted molar refractivity (Wildman–Crippen MR) is 68.9 cm³/mol. The van der Waals surface area contributed by atoms with Crippen LogP contribution in [0.25, 0.3) is 0 Å². The van der Waals surface area contributed by atoms with E-state index >= 15 is 0 Å². The highest BCUT2D eigenvalue weighted by atomic mass is 79.9. The van der Waals surface area contributed by atoms with Crippen molar-refractivity contribution in [1.29, 1.82) is 0 Å². The predicted octanol–water partition coefficient (Wildman–Crippen LogP) is 2.05. The van der Waals surface area contributed by atoms with Gasteiger partial charge in [0.2, 0.25) is 0 Å². The van der Waals surface area contributed by atoms with Crippen molar-refractivity contribution in [1.82, 2.24) is 9.88 Å². The van der Waals surface area contributed by atoms with E-state index in [1.807, 2.05) is 12.3 Å². The van der Waals surface area contributed by atoms with Gasteiger partial charge in [0.25, 0.3) is 0 Å². The van der Waals surface area contributed by atoms with Gasteiger partial charge in [-0.05, 0) is 48.0 Å². The second-order valence-corrected chi connectivity index (χ2v) is 5.81. The maximum Gasteiger partial charge on any atom is 0.143 e. The molecule has 1 spiro atoms. The van der Waals surface area contributed by atoms with Gasteiger partial charge < -0.3 is 4.90 Å². The summed E-state index contributed by atoms with van der Waals surface area (Å²) < 4.78 is 1.15. The summed E-state index contributed by atoms with van der Waals surface area (Å²) in [4.78, 5) is 9.30. The summed E-state index contributed by atoms with van der Waals surface area (Å²) in [5.74, 6) is 1.10. The van der Waals surface area contributed by atoms with Gasteiger partial charge in [-0.3, -0.25) is 4.90 Å². The quantitative estimate of drug-likeness (QED) is 0.786. The van der Waals surface area contributed by atoms with Crippen molar-refractivity contribution < 1.29 is 0 Å². The fourth-order valence-electron chi connectivity index (χ4n) is 2.61. The molecule has 0 radical (unpaired) electrons. The normalized spacial score (nSPS) is 23.1. The highest BCUT2D eigenvalue weighted by Gasteiger charge is 2.52. The number of pyridine rings is 1. The monoisotopic (exact) mass is 281 g/mol. The largest absolute Gasteiger partial charge is 0.352 e. The average Bonchev–Trinajstić information content (AvgIpc) is 2.20. The van der Waals surface area contributed by atoms with E-state index < -0.39 is 0 Å². The number of aromatic nitrogens is 1. The Hall–Kier alpha value is -0.610. The molecule has 0 bridgehead atoms. The smallest absolute Gasteiger partial charge is 0.143 e. The van der Waals surface area contributed by atoms with Crippen LogP contribution in [0.5, 0.6) is 0 Å². The molecule has 16 heavy (non-hydrogen) atoms. The van der Waals surface area contributed by atoms with Crippen molar-refractivity contribution in [3.8, 4) is 0 Å². The van der Waals surface area contributed by atoms with Gasteiger partial charge in [-0.1, -0.05) is 0 Å². The molecule has 2 saturated heterocycles. The Bertz CT molecular complexity index is 426. The Labute approximate surface area is 105 Å². The SMILES string of the molecule is Cc1ccnc(N2CC3(CCN3C)C2)c1Br. The van der Waals surface area contributed by atoms with Gasteiger partial charge in [0.15, 0.2) is 0 Å². The molecule has 0 atom stereocenters. The number of hydrogen-bond acceptors (Lipinski definition) is 3. The lowest BCUT2D eigenvalue weighted by molar-refractivity contribution is -0.0132. The summed E-state index contributed by atoms with van der Waals surface area (Å²) in [7, 11) is 2.22. The van der Waals surface area contributed by atoms with E-state index in [2.05, 4.69) is 44.7 Å². The zero-order valence-corrected chi connectivity index (χ0v) is 11.3. The van der Waals surface area contributed by atoms with Gasteiger partial charge >= 0.3 is 0 Å². The number of nitrogens with zero attached hydrogens (tertiary/aromatic N) is 3. The molecule has 2 aliphatic heterocycles. The highest BCUT2D eigenvalue weighted by molar-refractivity contribution is 9.10.